The largest absolute Gasteiger partial charge is 0.352 e. The van der Waals surface area contributed by atoms with E-state index >= 15 is 0 Å². The van der Waals surface area contributed by atoms with Gasteiger partial charge in [-0.1, -0.05) is 24.6 Å². The Labute approximate surface area is 152 Å². The molecule has 2 saturated heterocycles. The van der Waals surface area contributed by atoms with Gasteiger partial charge in [0.2, 0.25) is 0 Å². The van der Waals surface area contributed by atoms with E-state index in [4.69, 9.17) is 0 Å². The highest BCUT2D eigenvalue weighted by Crippen LogP contribution is 2.33. The van der Waals surface area contributed by atoms with Crippen LogP contribution in [0.4, 0.5) is 5.82 Å². The number of rotatable bonds is 2. The van der Waals surface area contributed by atoms with Crippen LogP contribution in [0.1, 0.15) is 19.3 Å². The molecule has 25 heavy (non-hydrogen) atoms. The van der Waals surface area contributed by atoms with Crippen molar-refractivity contribution < 1.29 is 0 Å². The Morgan fingerprint density at radius 2 is 1.80 bits per heavy atom. The zero-order valence-electron chi connectivity index (χ0n) is 14.4. The summed E-state index contributed by atoms with van der Waals surface area (Å²) in [4.78, 5) is 6.19. The van der Waals surface area contributed by atoms with Crippen LogP contribution in [0, 0.1) is 0 Å². The Bertz CT molecular complexity index is 841. The van der Waals surface area contributed by atoms with Crippen LogP contribution in [0.3, 0.4) is 0 Å². The summed E-state index contributed by atoms with van der Waals surface area (Å²) < 4.78 is 1.30. The second-order valence-electron chi connectivity index (χ2n) is 7.23. The molecule has 3 aromatic rings. The summed E-state index contributed by atoms with van der Waals surface area (Å²) in [7, 11) is 2.28. The third-order valence-corrected chi connectivity index (χ3v) is 6.88. The first-order valence-electron chi connectivity index (χ1n) is 9.07. The van der Waals surface area contributed by atoms with Crippen molar-refractivity contribution in [3.8, 4) is 10.6 Å². The average molecular weight is 350 g/mol. The van der Waals surface area contributed by atoms with Crippen molar-refractivity contribution in [3.63, 3.8) is 0 Å². The molecule has 0 amide bonds. The molecule has 2 aliphatic rings. The molecule has 2 bridgehead atoms. The quantitative estimate of drug-likeness (QED) is 0.698. The van der Waals surface area contributed by atoms with E-state index in [2.05, 4.69) is 69.5 Å². The van der Waals surface area contributed by atoms with Crippen LogP contribution in [-0.2, 0) is 0 Å². The van der Waals surface area contributed by atoms with Crippen LogP contribution >= 0.6 is 11.3 Å². The number of hydrogen-bond acceptors (Lipinski definition) is 5. The number of fused-ring (bicyclic) bond motifs is 3. The molecule has 1 aromatic carbocycles. The number of benzene rings is 1. The maximum absolute atomic E-state index is 4.57. The first-order valence-corrected chi connectivity index (χ1v) is 9.89. The number of piperazine rings is 1. The number of anilines is 1. The van der Waals surface area contributed by atoms with Gasteiger partial charge in [0.05, 0.1) is 4.88 Å². The molecule has 128 valence electrons. The summed E-state index contributed by atoms with van der Waals surface area (Å²) >= 11 is 1.78. The van der Waals surface area contributed by atoms with Gasteiger partial charge in [-0.05, 0) is 49.5 Å². The van der Waals surface area contributed by atoms with Crippen molar-refractivity contribution >= 4 is 27.2 Å². The fourth-order valence-corrected chi connectivity index (χ4v) is 5.27. The minimum absolute atomic E-state index is 0.663. The second-order valence-corrected chi connectivity index (χ2v) is 8.32. The molecule has 2 aromatic heterocycles. The van der Waals surface area contributed by atoms with Gasteiger partial charge >= 0.3 is 0 Å². The van der Waals surface area contributed by atoms with Crippen LogP contribution in [0.25, 0.3) is 20.7 Å². The topological polar surface area (TPSA) is 32.3 Å². The summed E-state index contributed by atoms with van der Waals surface area (Å²) in [5.74, 6) is 1.02. The normalized spacial score (nSPS) is 24.0. The molecule has 4 heterocycles. The Morgan fingerprint density at radius 1 is 1.00 bits per heavy atom. The van der Waals surface area contributed by atoms with Crippen molar-refractivity contribution in [2.45, 2.75) is 31.3 Å². The standard InChI is InChI=1S/C20H22N4S/c1-23-15-6-4-7-16(23)13-24(12-15)20-10-9-17(21-22-20)19-11-14-5-2-3-8-18(14)25-19/h2-3,5,8-11,15-16H,4,6-7,12-13H2,1H3. The van der Waals surface area contributed by atoms with E-state index in [0.29, 0.717) is 12.1 Å². The van der Waals surface area contributed by atoms with E-state index in [0.717, 1.165) is 24.6 Å². The minimum Gasteiger partial charge on any atom is -0.352 e. The van der Waals surface area contributed by atoms with Crippen molar-refractivity contribution in [3.05, 3.63) is 42.5 Å². The van der Waals surface area contributed by atoms with Crippen LogP contribution in [0.2, 0.25) is 0 Å². The molecule has 2 aliphatic heterocycles. The lowest BCUT2D eigenvalue weighted by Crippen LogP contribution is -2.59. The van der Waals surface area contributed by atoms with E-state index < -0.39 is 0 Å². The third kappa shape index (κ3) is 2.71. The molecule has 4 nitrogen and oxygen atoms in total. The lowest BCUT2D eigenvalue weighted by molar-refractivity contribution is 0.0946. The van der Waals surface area contributed by atoms with Gasteiger partial charge in [0.25, 0.3) is 0 Å². The molecule has 2 atom stereocenters. The molecular weight excluding hydrogens is 328 g/mol. The molecule has 5 heteroatoms. The lowest BCUT2D eigenvalue weighted by atomic mass is 9.92. The maximum atomic E-state index is 4.57. The zero-order chi connectivity index (χ0) is 16.8. The monoisotopic (exact) mass is 350 g/mol. The van der Waals surface area contributed by atoms with Crippen molar-refractivity contribution in [1.82, 2.24) is 15.1 Å². The predicted octanol–water partition coefficient (Wildman–Crippen LogP) is 4.03. The van der Waals surface area contributed by atoms with Gasteiger partial charge in [-0.15, -0.1) is 21.5 Å². The fourth-order valence-electron chi connectivity index (χ4n) is 4.24. The summed E-state index contributed by atoms with van der Waals surface area (Å²) in [5, 5.41) is 10.4. The van der Waals surface area contributed by atoms with Gasteiger partial charge in [0.1, 0.15) is 5.69 Å². The molecule has 2 fully saturated rings. The summed E-state index contributed by atoms with van der Waals surface area (Å²) in [6.07, 6.45) is 3.97. The molecule has 0 N–H and O–H groups in total. The first-order chi connectivity index (χ1) is 12.3. The third-order valence-electron chi connectivity index (χ3n) is 5.74. The molecule has 0 spiro atoms. The van der Waals surface area contributed by atoms with Gasteiger partial charge in [-0.25, -0.2) is 0 Å². The van der Waals surface area contributed by atoms with Gasteiger partial charge in [-0.3, -0.25) is 4.90 Å². The van der Waals surface area contributed by atoms with Crippen molar-refractivity contribution in [1.29, 1.82) is 0 Å². The molecule has 2 unspecified atom stereocenters. The van der Waals surface area contributed by atoms with E-state index in [1.807, 2.05) is 0 Å². The van der Waals surface area contributed by atoms with Crippen LogP contribution in [-0.4, -0.2) is 47.3 Å². The molecule has 5 rings (SSSR count). The Balaban J connectivity index is 1.40. The number of aromatic nitrogens is 2. The van der Waals surface area contributed by atoms with Gasteiger partial charge in [-0.2, -0.15) is 0 Å². The summed E-state index contributed by atoms with van der Waals surface area (Å²) in [6.45, 7) is 2.15. The number of nitrogens with zero attached hydrogens (tertiary/aromatic N) is 4. The van der Waals surface area contributed by atoms with E-state index in [9.17, 15) is 0 Å². The van der Waals surface area contributed by atoms with Gasteiger partial charge in [0.15, 0.2) is 5.82 Å². The Hall–Kier alpha value is -1.98. The Kier molecular flexibility index (Phi) is 3.71. The molecular formula is C20H22N4S. The first kappa shape index (κ1) is 15.3. The van der Waals surface area contributed by atoms with Gasteiger partial charge in [0, 0.05) is 29.9 Å². The van der Waals surface area contributed by atoms with E-state index in [1.54, 1.807) is 11.3 Å². The predicted molar refractivity (Wildman–Crippen MR) is 104 cm³/mol. The van der Waals surface area contributed by atoms with Gasteiger partial charge < -0.3 is 4.90 Å². The molecule has 0 aliphatic carbocycles. The second kappa shape index (κ2) is 6.07. The van der Waals surface area contributed by atoms with Crippen molar-refractivity contribution in [2.75, 3.05) is 25.0 Å². The lowest BCUT2D eigenvalue weighted by Gasteiger charge is -2.48. The van der Waals surface area contributed by atoms with E-state index in [1.165, 1.54) is 34.2 Å². The smallest absolute Gasteiger partial charge is 0.151 e. The molecule has 0 radical (unpaired) electrons. The number of hydrogen-bond donors (Lipinski definition) is 0. The number of likely N-dealkylation sites (N-methyl/N-ethyl adjacent to an activating group) is 1. The number of thiophene rings is 1. The van der Waals surface area contributed by atoms with Crippen LogP contribution < -0.4 is 4.90 Å². The number of piperidine rings is 1. The highest BCUT2D eigenvalue weighted by atomic mass is 32.1. The SMILES string of the molecule is CN1C2CCCC1CN(c1ccc(-c3cc4ccccc4s3)nn1)C2. The maximum Gasteiger partial charge on any atom is 0.151 e. The average Bonchev–Trinajstić information content (AvgIpc) is 3.06. The Morgan fingerprint density at radius 3 is 2.52 bits per heavy atom. The molecule has 0 saturated carbocycles. The minimum atomic E-state index is 0.663. The highest BCUT2D eigenvalue weighted by molar-refractivity contribution is 7.22. The highest BCUT2D eigenvalue weighted by Gasteiger charge is 2.35. The van der Waals surface area contributed by atoms with E-state index in [-0.39, 0.29) is 0 Å². The summed E-state index contributed by atoms with van der Waals surface area (Å²) in [5.41, 5.74) is 0.972. The zero-order valence-corrected chi connectivity index (χ0v) is 15.2. The van der Waals surface area contributed by atoms with Crippen LogP contribution in [0.5, 0.6) is 0 Å². The van der Waals surface area contributed by atoms with Crippen LogP contribution in [0.15, 0.2) is 42.5 Å². The van der Waals surface area contributed by atoms with Crippen molar-refractivity contribution in [2.24, 2.45) is 0 Å². The summed E-state index contributed by atoms with van der Waals surface area (Å²) in [6, 6.07) is 16.3. The fraction of sp³-hybridized carbons (Fsp3) is 0.400.